The van der Waals surface area contributed by atoms with E-state index in [-0.39, 0.29) is 37.1 Å². The van der Waals surface area contributed by atoms with Crippen LogP contribution in [0.25, 0.3) is 0 Å². The summed E-state index contributed by atoms with van der Waals surface area (Å²) in [6.07, 6.45) is 0. The van der Waals surface area contributed by atoms with Crippen LogP contribution < -0.4 is 5.73 Å². The smallest absolute Gasteiger partial charge is 0.266 e. The molecule has 0 rings (SSSR count). The lowest BCUT2D eigenvalue weighted by Gasteiger charge is -1.86. The van der Waals surface area contributed by atoms with Crippen molar-refractivity contribution in [1.29, 1.82) is 0 Å². The van der Waals surface area contributed by atoms with E-state index in [1.807, 2.05) is 0 Å². The second kappa shape index (κ2) is 6.57. The summed E-state index contributed by atoms with van der Waals surface area (Å²) in [5, 5.41) is 0. The lowest BCUT2D eigenvalue weighted by molar-refractivity contribution is 0.483. The molecule has 0 aliphatic rings. The Balaban J connectivity index is -0.000000180. The van der Waals surface area contributed by atoms with Gasteiger partial charge < -0.3 is 5.73 Å². The van der Waals surface area contributed by atoms with E-state index in [2.05, 4.69) is 0 Å². The molecule has 0 saturated heterocycles. The molecule has 0 aromatic heterocycles. The second-order valence-electron chi connectivity index (χ2n) is 1.07. The van der Waals surface area contributed by atoms with Crippen molar-refractivity contribution in [2.24, 2.45) is 5.73 Å². The summed E-state index contributed by atoms with van der Waals surface area (Å²) >= 11 is 0. The fraction of sp³-hybridized carbons (Fsp3) is 1.00. The molecule has 0 aromatic rings. The molecule has 0 aromatic carbocycles. The van der Waals surface area contributed by atoms with E-state index in [1.165, 1.54) is 0 Å². The first-order valence-electron chi connectivity index (χ1n) is 1.71. The molecule has 0 unspecified atom stereocenters. The summed E-state index contributed by atoms with van der Waals surface area (Å²) in [4.78, 5) is 0. The van der Waals surface area contributed by atoms with Crippen LogP contribution in [-0.4, -0.2) is 25.3 Å². The Hall–Kier alpha value is 0.450. The van der Waals surface area contributed by atoms with Crippen molar-refractivity contribution in [2.45, 2.75) is 0 Å². The summed E-state index contributed by atoms with van der Waals surface area (Å²) in [5.74, 6) is -0.354. The van der Waals surface area contributed by atoms with Crippen LogP contribution in [0, 0.1) is 0 Å². The predicted octanol–water partition coefficient (Wildman–Crippen LogP) is -0.324. The Labute approximate surface area is 66.4 Å². The van der Waals surface area contributed by atoms with E-state index in [0.717, 1.165) is 0 Å². The zero-order chi connectivity index (χ0) is 5.91. The third-order valence-corrected chi connectivity index (χ3v) is 1.13. The van der Waals surface area contributed by atoms with Gasteiger partial charge in [0.25, 0.3) is 10.1 Å². The van der Waals surface area contributed by atoms with Crippen molar-refractivity contribution in [3.8, 4) is 0 Å². The molecule has 0 amide bonds. The van der Waals surface area contributed by atoms with Crippen molar-refractivity contribution in [1.82, 2.24) is 0 Å². The molecule has 0 fully saturated rings. The molecule has 0 heterocycles. The second-order valence-corrected chi connectivity index (χ2v) is 2.65. The highest BCUT2D eigenvalue weighted by Gasteiger charge is 1.98. The zero-order valence-electron chi connectivity index (χ0n) is 4.48. The minimum absolute atomic E-state index is 0. The monoisotopic (exact) mass is 197 g/mol. The fourth-order valence-electron chi connectivity index (χ4n) is 0.149. The first-order chi connectivity index (χ1) is 3.06. The van der Waals surface area contributed by atoms with Gasteiger partial charge in [0.05, 0.1) is 5.75 Å². The lowest BCUT2D eigenvalue weighted by Crippen LogP contribution is -2.13. The third-order valence-electron chi connectivity index (χ3n) is 0.376. The van der Waals surface area contributed by atoms with Crippen LogP contribution in [0.4, 0.5) is 0 Å². The highest BCUT2D eigenvalue weighted by atomic mass is 35.5. The molecule has 7 heteroatoms. The van der Waals surface area contributed by atoms with E-state index in [4.69, 9.17) is 10.3 Å². The average molecular weight is 198 g/mol. The van der Waals surface area contributed by atoms with Gasteiger partial charge in [0, 0.05) is 6.54 Å². The highest BCUT2D eigenvalue weighted by Crippen LogP contribution is 1.74. The van der Waals surface area contributed by atoms with Gasteiger partial charge in [-0.3, -0.25) is 4.55 Å². The van der Waals surface area contributed by atoms with Gasteiger partial charge in [-0.25, -0.2) is 0 Å². The molecule has 60 valence electrons. The molecule has 9 heavy (non-hydrogen) atoms. The molecule has 0 radical (unpaired) electrons. The Morgan fingerprint density at radius 2 is 1.67 bits per heavy atom. The van der Waals surface area contributed by atoms with Crippen molar-refractivity contribution in [3.63, 3.8) is 0 Å². The molecule has 0 saturated carbocycles. The van der Waals surface area contributed by atoms with Crippen LogP contribution >= 0.6 is 24.8 Å². The number of rotatable bonds is 2. The van der Waals surface area contributed by atoms with E-state index >= 15 is 0 Å². The third kappa shape index (κ3) is 17.8. The van der Waals surface area contributed by atoms with Crippen LogP contribution in [-0.2, 0) is 10.1 Å². The summed E-state index contributed by atoms with van der Waals surface area (Å²) in [7, 11) is -3.80. The Morgan fingerprint density at radius 3 is 1.67 bits per heavy atom. The quantitative estimate of drug-likeness (QED) is 0.595. The van der Waals surface area contributed by atoms with Gasteiger partial charge >= 0.3 is 0 Å². The number of hydrogen-bond acceptors (Lipinski definition) is 3. The van der Waals surface area contributed by atoms with Crippen molar-refractivity contribution >= 4 is 34.9 Å². The lowest BCUT2D eigenvalue weighted by atomic mass is 10.8. The largest absolute Gasteiger partial charge is 0.329 e. The SMILES string of the molecule is Cl.Cl.NCCS(=O)(=O)O. The maximum atomic E-state index is 9.71. The normalized spacial score (nSPS) is 9.11. The van der Waals surface area contributed by atoms with Crippen LogP contribution in [0.15, 0.2) is 0 Å². The maximum Gasteiger partial charge on any atom is 0.266 e. The fourth-order valence-corrected chi connectivity index (χ4v) is 0.447. The van der Waals surface area contributed by atoms with Gasteiger partial charge in [0.1, 0.15) is 0 Å². The number of hydrogen-bond donors (Lipinski definition) is 2. The number of nitrogens with two attached hydrogens (primary N) is 1. The number of halogens is 2. The zero-order valence-corrected chi connectivity index (χ0v) is 6.93. The van der Waals surface area contributed by atoms with Crippen molar-refractivity contribution in [2.75, 3.05) is 12.3 Å². The molecule has 0 aliphatic heterocycles. The van der Waals surface area contributed by atoms with E-state index < -0.39 is 10.1 Å². The first-order valence-corrected chi connectivity index (χ1v) is 3.32. The van der Waals surface area contributed by atoms with E-state index in [0.29, 0.717) is 0 Å². The van der Waals surface area contributed by atoms with Gasteiger partial charge in [0.15, 0.2) is 0 Å². The molecular weight excluding hydrogens is 189 g/mol. The van der Waals surface area contributed by atoms with Gasteiger partial charge in [-0.05, 0) is 0 Å². The molecular formula is C2H9Cl2NO3S. The van der Waals surface area contributed by atoms with E-state index in [9.17, 15) is 8.42 Å². The van der Waals surface area contributed by atoms with Crippen molar-refractivity contribution < 1.29 is 13.0 Å². The Kier molecular flexibility index (Phi) is 11.8. The predicted molar refractivity (Wildman–Crippen MR) is 40.0 cm³/mol. The average Bonchev–Trinajstić information content (AvgIpc) is 1.30. The summed E-state index contributed by atoms with van der Waals surface area (Å²) in [6, 6.07) is 0. The molecule has 4 nitrogen and oxygen atoms in total. The summed E-state index contributed by atoms with van der Waals surface area (Å²) < 4.78 is 27.3. The molecule has 3 N–H and O–H groups in total. The summed E-state index contributed by atoms with van der Waals surface area (Å²) in [5.41, 5.74) is 4.78. The van der Waals surface area contributed by atoms with Gasteiger partial charge in [-0.15, -0.1) is 24.8 Å². The minimum atomic E-state index is -3.80. The topological polar surface area (TPSA) is 80.4 Å². The molecule has 0 aliphatic carbocycles. The van der Waals surface area contributed by atoms with Crippen LogP contribution in [0.3, 0.4) is 0 Å². The highest BCUT2D eigenvalue weighted by molar-refractivity contribution is 7.85. The van der Waals surface area contributed by atoms with Crippen LogP contribution in [0.5, 0.6) is 0 Å². The maximum absolute atomic E-state index is 9.71. The van der Waals surface area contributed by atoms with Gasteiger partial charge in [-0.1, -0.05) is 0 Å². The Bertz CT molecular complexity index is 133. The molecule has 0 bridgehead atoms. The minimum Gasteiger partial charge on any atom is -0.329 e. The first kappa shape index (κ1) is 16.2. The van der Waals surface area contributed by atoms with Crippen LogP contribution in [0.1, 0.15) is 0 Å². The molecule has 0 spiro atoms. The summed E-state index contributed by atoms with van der Waals surface area (Å²) in [6.45, 7) is -0.0289. The van der Waals surface area contributed by atoms with Crippen molar-refractivity contribution in [3.05, 3.63) is 0 Å². The van der Waals surface area contributed by atoms with Gasteiger partial charge in [0.2, 0.25) is 0 Å². The van der Waals surface area contributed by atoms with Crippen LogP contribution in [0.2, 0.25) is 0 Å². The Morgan fingerprint density at radius 1 is 1.33 bits per heavy atom. The standard InChI is InChI=1S/C2H7NO3S.2ClH/c3-1-2-7(4,5)6;;/h1-3H2,(H,4,5,6);2*1H. The molecule has 0 atom stereocenters. The van der Waals surface area contributed by atoms with E-state index in [1.54, 1.807) is 0 Å². The van der Waals surface area contributed by atoms with Gasteiger partial charge in [-0.2, -0.15) is 8.42 Å².